The van der Waals surface area contributed by atoms with Crippen molar-refractivity contribution in [1.82, 2.24) is 15.0 Å². The van der Waals surface area contributed by atoms with Crippen molar-refractivity contribution in [3.63, 3.8) is 0 Å². The summed E-state index contributed by atoms with van der Waals surface area (Å²) in [6.07, 6.45) is 13.6. The second kappa shape index (κ2) is 12.9. The lowest BCUT2D eigenvalue weighted by Gasteiger charge is -2.37. The molecule has 3 heteroatoms. The lowest BCUT2D eigenvalue weighted by atomic mass is 9.67. The molecule has 3 nitrogen and oxygen atoms in total. The highest BCUT2D eigenvalue weighted by Gasteiger charge is 2.37. The van der Waals surface area contributed by atoms with Crippen molar-refractivity contribution in [2.75, 3.05) is 0 Å². The van der Waals surface area contributed by atoms with Crippen LogP contribution in [0.5, 0.6) is 0 Å². The Labute approximate surface area is 350 Å². The first-order valence-corrected chi connectivity index (χ1v) is 21.0. The van der Waals surface area contributed by atoms with Gasteiger partial charge in [0.1, 0.15) is 0 Å². The van der Waals surface area contributed by atoms with Gasteiger partial charge in [0.05, 0.1) is 0 Å². The third kappa shape index (κ3) is 5.18. The molecule has 8 aromatic carbocycles. The Morgan fingerprint density at radius 2 is 1.08 bits per heavy atom. The lowest BCUT2D eigenvalue weighted by molar-refractivity contribution is 0.480. The van der Waals surface area contributed by atoms with E-state index < -0.39 is 0 Å². The number of rotatable bonds is 4. The molecule has 284 valence electrons. The predicted octanol–water partition coefficient (Wildman–Crippen LogP) is 14.5. The standard InChI is InChI=1S/C57H41N3/c1-56(2)48-19-9-8-17-47(48)51-45(18-12-21-50(51)56)46-29-24-36-14-5-7-16-44(36)52(46)55-59-53(39-25-27-42-37(33-39)23-22-35-13-4-6-15-41(35)42)58-54(60-55)40-26-28-43-38(34-40)30-32-57(3)31-11-10-20-49(43)57/h4-34,49H,1-3H3. The van der Waals surface area contributed by atoms with Gasteiger partial charge in [0.25, 0.3) is 0 Å². The van der Waals surface area contributed by atoms with E-state index in [1.807, 2.05) is 0 Å². The zero-order valence-corrected chi connectivity index (χ0v) is 33.8. The molecule has 1 aromatic heterocycles. The van der Waals surface area contributed by atoms with E-state index in [0.717, 1.165) is 38.4 Å². The van der Waals surface area contributed by atoms with Gasteiger partial charge < -0.3 is 0 Å². The SMILES string of the molecule is CC1(C)c2ccccc2-c2c(-c3ccc4ccccc4c3-c3nc(-c4ccc5c(c4)C=CC4(C)C=CC=CC54)nc(-c4ccc5c(ccc6ccccc65)c4)n3)cccc21. The third-order valence-corrected chi connectivity index (χ3v) is 13.5. The van der Waals surface area contributed by atoms with E-state index in [2.05, 4.69) is 209 Å². The van der Waals surface area contributed by atoms with Gasteiger partial charge in [0.2, 0.25) is 0 Å². The van der Waals surface area contributed by atoms with Crippen LogP contribution in [-0.2, 0) is 5.41 Å². The molecule has 0 radical (unpaired) electrons. The average Bonchev–Trinajstić information content (AvgIpc) is 3.53. The van der Waals surface area contributed by atoms with Gasteiger partial charge in [0, 0.05) is 33.4 Å². The zero-order valence-electron chi connectivity index (χ0n) is 33.8. The molecular weight excluding hydrogens is 727 g/mol. The number of allylic oxidation sites excluding steroid dienone is 5. The summed E-state index contributed by atoms with van der Waals surface area (Å²) in [5.41, 5.74) is 12.8. The number of benzene rings is 8. The van der Waals surface area contributed by atoms with Crippen LogP contribution in [0.2, 0.25) is 0 Å². The van der Waals surface area contributed by atoms with E-state index >= 15 is 0 Å². The minimum Gasteiger partial charge on any atom is -0.208 e. The first kappa shape index (κ1) is 34.8. The quantitative estimate of drug-likeness (QED) is 0.167. The predicted molar refractivity (Wildman–Crippen MR) is 250 cm³/mol. The molecule has 0 saturated carbocycles. The van der Waals surface area contributed by atoms with Gasteiger partial charge in [-0.2, -0.15) is 0 Å². The molecule has 0 spiro atoms. The number of hydrogen-bond donors (Lipinski definition) is 0. The Kier molecular flexibility index (Phi) is 7.47. The van der Waals surface area contributed by atoms with E-state index in [-0.39, 0.29) is 16.7 Å². The Morgan fingerprint density at radius 3 is 1.95 bits per heavy atom. The van der Waals surface area contributed by atoms with Gasteiger partial charge in [-0.25, -0.2) is 15.0 Å². The number of nitrogens with zero attached hydrogens (tertiary/aromatic N) is 3. The molecule has 0 bridgehead atoms. The topological polar surface area (TPSA) is 38.7 Å². The molecule has 60 heavy (non-hydrogen) atoms. The monoisotopic (exact) mass is 767 g/mol. The first-order valence-electron chi connectivity index (χ1n) is 21.0. The fraction of sp³-hybridized carbons (Fsp3) is 0.105. The molecule has 0 saturated heterocycles. The second-order valence-electron chi connectivity index (χ2n) is 17.4. The van der Waals surface area contributed by atoms with E-state index in [9.17, 15) is 0 Å². The minimum atomic E-state index is -0.129. The summed E-state index contributed by atoms with van der Waals surface area (Å²) in [7, 11) is 0. The Hall–Kier alpha value is -7.23. The molecule has 9 aromatic rings. The van der Waals surface area contributed by atoms with Crippen LogP contribution in [0.25, 0.3) is 94.8 Å². The smallest absolute Gasteiger partial charge is 0.165 e. The van der Waals surface area contributed by atoms with E-state index in [0.29, 0.717) is 17.5 Å². The van der Waals surface area contributed by atoms with Crippen LogP contribution in [-0.4, -0.2) is 15.0 Å². The van der Waals surface area contributed by atoms with Crippen LogP contribution in [0.1, 0.15) is 48.9 Å². The van der Waals surface area contributed by atoms with Crippen molar-refractivity contribution in [3.8, 4) is 56.4 Å². The van der Waals surface area contributed by atoms with Crippen LogP contribution in [0.3, 0.4) is 0 Å². The number of aromatic nitrogens is 3. The summed E-state index contributed by atoms with van der Waals surface area (Å²) in [5.74, 6) is 2.23. The highest BCUT2D eigenvalue weighted by molar-refractivity contribution is 6.09. The summed E-state index contributed by atoms with van der Waals surface area (Å²) in [6, 6.07) is 55.2. The Bertz CT molecular complexity index is 3380. The molecule has 3 aliphatic rings. The van der Waals surface area contributed by atoms with Gasteiger partial charge in [-0.3, -0.25) is 0 Å². The summed E-state index contributed by atoms with van der Waals surface area (Å²) < 4.78 is 0. The molecule has 2 unspecified atom stereocenters. The average molecular weight is 768 g/mol. The molecule has 2 atom stereocenters. The van der Waals surface area contributed by atoms with Gasteiger partial charge in [0.15, 0.2) is 17.5 Å². The van der Waals surface area contributed by atoms with Gasteiger partial charge in [-0.05, 0) is 89.0 Å². The molecule has 0 fully saturated rings. The number of fused-ring (bicyclic) bond motifs is 10. The molecule has 12 rings (SSSR count). The van der Waals surface area contributed by atoms with Gasteiger partial charge >= 0.3 is 0 Å². The molecule has 0 amide bonds. The van der Waals surface area contributed by atoms with Crippen LogP contribution < -0.4 is 0 Å². The second-order valence-corrected chi connectivity index (χ2v) is 17.4. The van der Waals surface area contributed by atoms with Crippen LogP contribution in [0, 0.1) is 5.41 Å². The fourth-order valence-corrected chi connectivity index (χ4v) is 10.4. The van der Waals surface area contributed by atoms with Gasteiger partial charge in [-0.1, -0.05) is 197 Å². The normalized spacial score (nSPS) is 18.1. The molecule has 0 aliphatic heterocycles. The number of hydrogen-bond acceptors (Lipinski definition) is 3. The van der Waals surface area contributed by atoms with Crippen LogP contribution in [0.15, 0.2) is 182 Å². The van der Waals surface area contributed by atoms with Crippen LogP contribution in [0.4, 0.5) is 0 Å². The van der Waals surface area contributed by atoms with Gasteiger partial charge in [-0.15, -0.1) is 0 Å². The Morgan fingerprint density at radius 1 is 0.450 bits per heavy atom. The highest BCUT2D eigenvalue weighted by Crippen LogP contribution is 2.53. The summed E-state index contributed by atoms with van der Waals surface area (Å²) in [6.45, 7) is 7.00. The first-order chi connectivity index (χ1) is 29.3. The van der Waals surface area contributed by atoms with Crippen LogP contribution >= 0.6 is 0 Å². The maximum Gasteiger partial charge on any atom is 0.165 e. The van der Waals surface area contributed by atoms with Crippen molar-refractivity contribution in [3.05, 3.63) is 204 Å². The van der Waals surface area contributed by atoms with Crippen molar-refractivity contribution in [2.24, 2.45) is 5.41 Å². The fourth-order valence-electron chi connectivity index (χ4n) is 10.4. The van der Waals surface area contributed by atoms with Crippen molar-refractivity contribution >= 4 is 38.4 Å². The summed E-state index contributed by atoms with van der Waals surface area (Å²) >= 11 is 0. The van der Waals surface area contributed by atoms with Crippen molar-refractivity contribution in [1.29, 1.82) is 0 Å². The Balaban J connectivity index is 1.11. The van der Waals surface area contributed by atoms with E-state index in [4.69, 9.17) is 15.0 Å². The maximum atomic E-state index is 5.48. The van der Waals surface area contributed by atoms with E-state index in [1.54, 1.807) is 0 Å². The van der Waals surface area contributed by atoms with E-state index in [1.165, 1.54) is 55.1 Å². The minimum absolute atomic E-state index is 0.0453. The maximum absolute atomic E-state index is 5.48. The molecule has 1 heterocycles. The highest BCUT2D eigenvalue weighted by atomic mass is 15.0. The molecule has 3 aliphatic carbocycles. The van der Waals surface area contributed by atoms with Crippen molar-refractivity contribution in [2.45, 2.75) is 32.1 Å². The summed E-state index contributed by atoms with van der Waals surface area (Å²) in [4.78, 5) is 16.3. The lowest BCUT2D eigenvalue weighted by Crippen LogP contribution is -2.24. The molecular formula is C57H41N3. The summed E-state index contributed by atoms with van der Waals surface area (Å²) in [5, 5.41) is 7.08. The largest absolute Gasteiger partial charge is 0.208 e. The van der Waals surface area contributed by atoms with Crippen molar-refractivity contribution < 1.29 is 0 Å². The third-order valence-electron chi connectivity index (χ3n) is 13.5. The molecule has 0 N–H and O–H groups in total. The zero-order chi connectivity index (χ0) is 40.2.